The number of nitrogens with zero attached hydrogens (tertiary/aromatic N) is 3. The quantitative estimate of drug-likeness (QED) is 0.775. The van der Waals surface area contributed by atoms with Crippen LogP contribution in [-0.2, 0) is 0 Å². The lowest BCUT2D eigenvalue weighted by Gasteiger charge is -2.18. The summed E-state index contributed by atoms with van der Waals surface area (Å²) in [6, 6.07) is 1.89. The topological polar surface area (TPSA) is 41.1 Å². The third-order valence-electron chi connectivity index (χ3n) is 2.05. The highest BCUT2D eigenvalue weighted by atomic mass is 15.3. The molecule has 0 amide bonds. The normalized spacial score (nSPS) is 9.93. The molecular weight excluding hydrogens is 176 g/mol. The second kappa shape index (κ2) is 5.42. The van der Waals surface area contributed by atoms with Gasteiger partial charge in [0.25, 0.3) is 0 Å². The zero-order valence-electron chi connectivity index (χ0n) is 9.12. The van der Waals surface area contributed by atoms with Crippen LogP contribution in [0.5, 0.6) is 0 Å². The van der Waals surface area contributed by atoms with Gasteiger partial charge in [-0.15, -0.1) is 0 Å². The molecule has 0 saturated heterocycles. The summed E-state index contributed by atoms with van der Waals surface area (Å²) in [5.74, 6) is 1.69. The first-order valence-electron chi connectivity index (χ1n) is 5.13. The van der Waals surface area contributed by atoms with E-state index in [1.54, 1.807) is 6.20 Å². The monoisotopic (exact) mass is 194 g/mol. The molecule has 0 bridgehead atoms. The van der Waals surface area contributed by atoms with Gasteiger partial charge in [-0.2, -0.15) is 4.98 Å². The summed E-state index contributed by atoms with van der Waals surface area (Å²) < 4.78 is 0. The van der Waals surface area contributed by atoms with E-state index in [-0.39, 0.29) is 0 Å². The van der Waals surface area contributed by atoms with Crippen molar-refractivity contribution < 1.29 is 0 Å². The van der Waals surface area contributed by atoms with E-state index in [0.717, 1.165) is 31.4 Å². The molecule has 4 heteroatoms. The van der Waals surface area contributed by atoms with E-state index < -0.39 is 0 Å². The fourth-order valence-corrected chi connectivity index (χ4v) is 1.29. The summed E-state index contributed by atoms with van der Waals surface area (Å²) in [4.78, 5) is 10.8. The van der Waals surface area contributed by atoms with Crippen LogP contribution in [0.1, 0.15) is 20.8 Å². The zero-order chi connectivity index (χ0) is 10.4. The van der Waals surface area contributed by atoms with E-state index >= 15 is 0 Å². The van der Waals surface area contributed by atoms with Crippen LogP contribution in [0.15, 0.2) is 12.3 Å². The summed E-state index contributed by atoms with van der Waals surface area (Å²) >= 11 is 0. The molecule has 0 aliphatic rings. The van der Waals surface area contributed by atoms with Crippen LogP contribution >= 0.6 is 0 Å². The van der Waals surface area contributed by atoms with Crippen molar-refractivity contribution in [2.24, 2.45) is 0 Å². The highest BCUT2D eigenvalue weighted by Gasteiger charge is 2.04. The molecule has 0 saturated carbocycles. The molecule has 0 aromatic carbocycles. The van der Waals surface area contributed by atoms with Gasteiger partial charge in [-0.25, -0.2) is 4.98 Å². The minimum absolute atomic E-state index is 0.799. The van der Waals surface area contributed by atoms with E-state index in [4.69, 9.17) is 0 Å². The maximum atomic E-state index is 4.41. The fourth-order valence-electron chi connectivity index (χ4n) is 1.29. The Hall–Kier alpha value is -1.32. The summed E-state index contributed by atoms with van der Waals surface area (Å²) in [6.07, 6.45) is 1.79. The van der Waals surface area contributed by atoms with Crippen molar-refractivity contribution in [1.29, 1.82) is 0 Å². The van der Waals surface area contributed by atoms with Gasteiger partial charge in [0, 0.05) is 25.8 Å². The molecular formula is C10H18N4. The Morgan fingerprint density at radius 2 is 2.00 bits per heavy atom. The molecule has 4 nitrogen and oxygen atoms in total. The van der Waals surface area contributed by atoms with Crippen molar-refractivity contribution in [3.8, 4) is 0 Å². The first kappa shape index (κ1) is 10.8. The van der Waals surface area contributed by atoms with Gasteiger partial charge in [0.2, 0.25) is 5.95 Å². The summed E-state index contributed by atoms with van der Waals surface area (Å²) in [5, 5.41) is 3.17. The average molecular weight is 194 g/mol. The van der Waals surface area contributed by atoms with Crippen molar-refractivity contribution in [2.45, 2.75) is 20.8 Å². The summed E-state index contributed by atoms with van der Waals surface area (Å²) in [7, 11) is 0. The largest absolute Gasteiger partial charge is 0.370 e. The third kappa shape index (κ3) is 2.58. The molecule has 1 N–H and O–H groups in total. The van der Waals surface area contributed by atoms with Crippen molar-refractivity contribution in [3.63, 3.8) is 0 Å². The molecule has 78 valence electrons. The SMILES string of the molecule is CCNc1ccnc(N(CC)CC)n1. The van der Waals surface area contributed by atoms with Crippen molar-refractivity contribution in [3.05, 3.63) is 12.3 Å². The van der Waals surface area contributed by atoms with Gasteiger partial charge in [-0.3, -0.25) is 0 Å². The van der Waals surface area contributed by atoms with Crippen LogP contribution in [-0.4, -0.2) is 29.6 Å². The first-order chi connectivity index (χ1) is 6.81. The molecule has 1 aromatic rings. The first-order valence-corrected chi connectivity index (χ1v) is 5.13. The van der Waals surface area contributed by atoms with E-state index in [1.807, 2.05) is 6.07 Å². The van der Waals surface area contributed by atoms with E-state index in [1.165, 1.54) is 0 Å². The average Bonchev–Trinajstić information content (AvgIpc) is 2.21. The molecule has 14 heavy (non-hydrogen) atoms. The lowest BCUT2D eigenvalue weighted by atomic mass is 10.5. The molecule has 1 heterocycles. The van der Waals surface area contributed by atoms with Gasteiger partial charge in [-0.1, -0.05) is 0 Å². The highest BCUT2D eigenvalue weighted by Crippen LogP contribution is 2.09. The number of nitrogens with one attached hydrogen (secondary N) is 1. The summed E-state index contributed by atoms with van der Waals surface area (Å²) in [6.45, 7) is 9.02. The fraction of sp³-hybridized carbons (Fsp3) is 0.600. The van der Waals surface area contributed by atoms with Crippen LogP contribution in [0.2, 0.25) is 0 Å². The molecule has 0 unspecified atom stereocenters. The van der Waals surface area contributed by atoms with E-state index in [2.05, 4.69) is 41.0 Å². The van der Waals surface area contributed by atoms with Gasteiger partial charge in [0.1, 0.15) is 5.82 Å². The Kier molecular flexibility index (Phi) is 4.16. The van der Waals surface area contributed by atoms with Crippen molar-refractivity contribution in [1.82, 2.24) is 9.97 Å². The van der Waals surface area contributed by atoms with Crippen LogP contribution in [0.25, 0.3) is 0 Å². The van der Waals surface area contributed by atoms with Crippen molar-refractivity contribution >= 4 is 11.8 Å². The molecule has 0 fully saturated rings. The molecule has 0 atom stereocenters. The Bertz CT molecular complexity index is 271. The maximum Gasteiger partial charge on any atom is 0.227 e. The van der Waals surface area contributed by atoms with Crippen LogP contribution in [0.3, 0.4) is 0 Å². The van der Waals surface area contributed by atoms with Crippen LogP contribution in [0, 0.1) is 0 Å². The van der Waals surface area contributed by atoms with Crippen LogP contribution in [0.4, 0.5) is 11.8 Å². The second-order valence-electron chi connectivity index (χ2n) is 2.94. The number of hydrogen-bond donors (Lipinski definition) is 1. The van der Waals surface area contributed by atoms with Gasteiger partial charge < -0.3 is 10.2 Å². The van der Waals surface area contributed by atoms with Gasteiger partial charge >= 0.3 is 0 Å². The zero-order valence-corrected chi connectivity index (χ0v) is 9.12. The van der Waals surface area contributed by atoms with E-state index in [9.17, 15) is 0 Å². The molecule has 0 aliphatic heterocycles. The molecule has 1 rings (SSSR count). The predicted octanol–water partition coefficient (Wildman–Crippen LogP) is 1.75. The number of anilines is 2. The Morgan fingerprint density at radius 3 is 2.57 bits per heavy atom. The van der Waals surface area contributed by atoms with Crippen molar-refractivity contribution in [2.75, 3.05) is 29.9 Å². The molecule has 0 radical (unpaired) electrons. The minimum Gasteiger partial charge on any atom is -0.370 e. The number of hydrogen-bond acceptors (Lipinski definition) is 4. The number of rotatable bonds is 5. The third-order valence-corrected chi connectivity index (χ3v) is 2.05. The lowest BCUT2D eigenvalue weighted by molar-refractivity contribution is 0.821. The standard InChI is InChI=1S/C10H18N4/c1-4-11-9-7-8-12-10(13-9)14(5-2)6-3/h7-8H,4-6H2,1-3H3,(H,11,12,13). The van der Waals surface area contributed by atoms with Crippen LogP contribution < -0.4 is 10.2 Å². The molecule has 1 aromatic heterocycles. The number of aromatic nitrogens is 2. The summed E-state index contributed by atoms with van der Waals surface area (Å²) in [5.41, 5.74) is 0. The maximum absolute atomic E-state index is 4.41. The highest BCUT2D eigenvalue weighted by molar-refractivity contribution is 5.40. The van der Waals surface area contributed by atoms with Gasteiger partial charge in [0.15, 0.2) is 0 Å². The Labute approximate surface area is 85.4 Å². The second-order valence-corrected chi connectivity index (χ2v) is 2.94. The molecule has 0 spiro atoms. The Morgan fingerprint density at radius 1 is 1.29 bits per heavy atom. The molecule has 0 aliphatic carbocycles. The van der Waals surface area contributed by atoms with Gasteiger partial charge in [-0.05, 0) is 26.8 Å². The smallest absolute Gasteiger partial charge is 0.227 e. The Balaban J connectivity index is 2.81. The lowest BCUT2D eigenvalue weighted by Crippen LogP contribution is -2.24. The predicted molar refractivity (Wildman–Crippen MR) is 59.8 cm³/mol. The minimum atomic E-state index is 0.799. The van der Waals surface area contributed by atoms with E-state index in [0.29, 0.717) is 0 Å². The van der Waals surface area contributed by atoms with Gasteiger partial charge in [0.05, 0.1) is 0 Å².